The molecule has 152 valence electrons. The maximum absolute atomic E-state index is 12.4. The van der Waals surface area contributed by atoms with Gasteiger partial charge in [0, 0.05) is 59.3 Å². The van der Waals surface area contributed by atoms with Gasteiger partial charge in [-0.25, -0.2) is 0 Å². The van der Waals surface area contributed by atoms with E-state index in [1.165, 1.54) is 0 Å². The number of guanidine groups is 1. The number of amides is 1. The van der Waals surface area contributed by atoms with Gasteiger partial charge in [-0.2, -0.15) is 0 Å². The Morgan fingerprint density at radius 3 is 2.70 bits per heavy atom. The van der Waals surface area contributed by atoms with Crippen molar-refractivity contribution in [1.29, 1.82) is 0 Å². The summed E-state index contributed by atoms with van der Waals surface area (Å²) in [6, 6.07) is 0. The molecule has 2 fully saturated rings. The fourth-order valence-electron chi connectivity index (χ4n) is 3.47. The Hall–Kier alpha value is -1.43. The van der Waals surface area contributed by atoms with Crippen LogP contribution >= 0.6 is 24.0 Å². The number of aryl methyl sites for hydroxylation is 1. The molecule has 1 unspecified atom stereocenters. The van der Waals surface area contributed by atoms with E-state index in [2.05, 4.69) is 36.9 Å². The van der Waals surface area contributed by atoms with Gasteiger partial charge in [0.25, 0.3) is 5.91 Å². The zero-order valence-electron chi connectivity index (χ0n) is 16.1. The number of carbonyl (C=O) groups is 1. The summed E-state index contributed by atoms with van der Waals surface area (Å²) in [5, 5.41) is 11.5. The lowest BCUT2D eigenvalue weighted by Gasteiger charge is -2.37. The molecule has 3 rings (SSSR count). The van der Waals surface area contributed by atoms with E-state index in [1.54, 1.807) is 13.4 Å². The summed E-state index contributed by atoms with van der Waals surface area (Å²) in [6.07, 6.45) is 4.24. The molecule has 9 nitrogen and oxygen atoms in total. The summed E-state index contributed by atoms with van der Waals surface area (Å²) in [5.74, 6) is 2.01. The lowest BCUT2D eigenvalue weighted by atomic mass is 10.2. The van der Waals surface area contributed by atoms with Gasteiger partial charge in [0.2, 0.25) is 0 Å². The lowest BCUT2D eigenvalue weighted by molar-refractivity contribution is -0.142. The van der Waals surface area contributed by atoms with Gasteiger partial charge >= 0.3 is 0 Å². The predicted molar refractivity (Wildman–Crippen MR) is 113 cm³/mol. The van der Waals surface area contributed by atoms with Crippen molar-refractivity contribution in [2.24, 2.45) is 4.99 Å². The van der Waals surface area contributed by atoms with Gasteiger partial charge in [0.15, 0.2) is 5.96 Å². The second-order valence-corrected chi connectivity index (χ2v) is 6.58. The van der Waals surface area contributed by atoms with Crippen LogP contribution < -0.4 is 5.32 Å². The number of hydrogen-bond acceptors (Lipinski definition) is 5. The van der Waals surface area contributed by atoms with Crippen LogP contribution in [0.2, 0.25) is 0 Å². The van der Waals surface area contributed by atoms with Gasteiger partial charge in [-0.15, -0.1) is 34.2 Å². The van der Waals surface area contributed by atoms with Crippen LogP contribution in [-0.2, 0) is 22.5 Å². The fraction of sp³-hybridized carbons (Fsp3) is 0.765. The molecule has 0 aliphatic carbocycles. The molecular formula is C17H30IN7O2. The number of nitrogens with zero attached hydrogens (tertiary/aromatic N) is 6. The maximum atomic E-state index is 12.4. The Balaban J connectivity index is 0.00000261. The molecule has 10 heteroatoms. The van der Waals surface area contributed by atoms with Crippen molar-refractivity contribution in [3.8, 4) is 0 Å². The van der Waals surface area contributed by atoms with E-state index in [4.69, 9.17) is 4.74 Å². The van der Waals surface area contributed by atoms with Gasteiger partial charge in [0.05, 0.1) is 0 Å². The monoisotopic (exact) mass is 491 g/mol. The zero-order valence-corrected chi connectivity index (χ0v) is 18.5. The average Bonchev–Trinajstić information content (AvgIpc) is 3.36. The third-order valence-electron chi connectivity index (χ3n) is 4.96. The first-order chi connectivity index (χ1) is 12.7. The fourth-order valence-corrected chi connectivity index (χ4v) is 3.47. The highest BCUT2D eigenvalue weighted by Crippen LogP contribution is 2.16. The summed E-state index contributed by atoms with van der Waals surface area (Å²) in [6.45, 7) is 7.33. The normalized spacial score (nSPS) is 20.5. The summed E-state index contributed by atoms with van der Waals surface area (Å²) in [4.78, 5) is 20.9. The number of nitrogens with one attached hydrogen (secondary N) is 1. The minimum atomic E-state index is -0.226. The SMILES string of the molecule is CCc1nncn1CCNC(=NC)N1CCN(C(=O)C2CCCO2)CC1.I. The number of carbonyl (C=O) groups excluding carboxylic acids is 1. The number of aromatic nitrogens is 3. The molecule has 2 aliphatic rings. The van der Waals surface area contributed by atoms with Crippen molar-refractivity contribution in [2.45, 2.75) is 38.8 Å². The van der Waals surface area contributed by atoms with Crippen LogP contribution in [0.3, 0.4) is 0 Å². The van der Waals surface area contributed by atoms with Crippen LogP contribution in [-0.4, -0.2) is 88.9 Å². The Labute approximate surface area is 177 Å². The van der Waals surface area contributed by atoms with Crippen molar-refractivity contribution in [3.05, 3.63) is 12.2 Å². The van der Waals surface area contributed by atoms with Crippen molar-refractivity contribution < 1.29 is 9.53 Å². The number of halogens is 1. The summed E-state index contributed by atoms with van der Waals surface area (Å²) < 4.78 is 7.57. The number of ether oxygens (including phenoxy) is 1. The van der Waals surface area contributed by atoms with Crippen LogP contribution in [0.1, 0.15) is 25.6 Å². The zero-order chi connectivity index (χ0) is 18.4. The molecule has 2 saturated heterocycles. The standard InChI is InChI=1S/C17H29N7O2.HI/c1-3-15-21-20-13-24(15)7-6-19-17(18-2)23-10-8-22(9-11-23)16(25)14-5-4-12-26-14;/h13-14H,3-12H2,1-2H3,(H,18,19);1H. The van der Waals surface area contributed by atoms with E-state index in [-0.39, 0.29) is 36.0 Å². The molecule has 1 amide bonds. The number of rotatable bonds is 5. The summed E-state index contributed by atoms with van der Waals surface area (Å²) in [7, 11) is 1.79. The summed E-state index contributed by atoms with van der Waals surface area (Å²) >= 11 is 0. The molecule has 0 aromatic carbocycles. The van der Waals surface area contributed by atoms with Crippen molar-refractivity contribution in [3.63, 3.8) is 0 Å². The summed E-state index contributed by atoms with van der Waals surface area (Å²) in [5.41, 5.74) is 0. The lowest BCUT2D eigenvalue weighted by Crippen LogP contribution is -2.55. The molecule has 0 saturated carbocycles. The molecule has 0 spiro atoms. The topological polar surface area (TPSA) is 87.9 Å². The second-order valence-electron chi connectivity index (χ2n) is 6.58. The Kier molecular flexibility index (Phi) is 8.74. The number of aliphatic imine (C=N–C) groups is 1. The molecule has 1 aromatic heterocycles. The average molecular weight is 491 g/mol. The highest BCUT2D eigenvalue weighted by atomic mass is 127. The molecule has 0 bridgehead atoms. The van der Waals surface area contributed by atoms with E-state index >= 15 is 0 Å². The van der Waals surface area contributed by atoms with E-state index < -0.39 is 0 Å². The van der Waals surface area contributed by atoms with E-state index in [1.807, 2.05) is 4.90 Å². The Bertz CT molecular complexity index is 623. The van der Waals surface area contributed by atoms with Crippen LogP contribution in [0.5, 0.6) is 0 Å². The highest BCUT2D eigenvalue weighted by Gasteiger charge is 2.30. The minimum absolute atomic E-state index is 0. The van der Waals surface area contributed by atoms with Gasteiger partial charge in [-0.1, -0.05) is 6.92 Å². The molecule has 1 atom stereocenters. The first-order valence-corrected chi connectivity index (χ1v) is 9.45. The number of hydrogen-bond donors (Lipinski definition) is 1. The molecule has 1 aromatic rings. The van der Waals surface area contributed by atoms with E-state index in [0.717, 1.165) is 57.2 Å². The first-order valence-electron chi connectivity index (χ1n) is 9.45. The van der Waals surface area contributed by atoms with Crippen LogP contribution in [0, 0.1) is 0 Å². The Morgan fingerprint density at radius 1 is 1.33 bits per heavy atom. The van der Waals surface area contributed by atoms with Crippen LogP contribution in [0.4, 0.5) is 0 Å². The smallest absolute Gasteiger partial charge is 0.251 e. The second kappa shape index (κ2) is 10.8. The number of piperazine rings is 1. The Morgan fingerprint density at radius 2 is 2.07 bits per heavy atom. The maximum Gasteiger partial charge on any atom is 0.251 e. The molecule has 27 heavy (non-hydrogen) atoms. The highest BCUT2D eigenvalue weighted by molar-refractivity contribution is 14.0. The third-order valence-corrected chi connectivity index (χ3v) is 4.96. The quantitative estimate of drug-likeness (QED) is 0.364. The van der Waals surface area contributed by atoms with Crippen LogP contribution in [0.25, 0.3) is 0 Å². The van der Waals surface area contributed by atoms with Gasteiger partial charge < -0.3 is 24.4 Å². The van der Waals surface area contributed by atoms with Crippen molar-refractivity contribution >= 4 is 35.8 Å². The first kappa shape index (κ1) is 21.9. The van der Waals surface area contributed by atoms with Crippen molar-refractivity contribution in [2.75, 3.05) is 46.4 Å². The van der Waals surface area contributed by atoms with Gasteiger partial charge in [-0.05, 0) is 12.8 Å². The molecular weight excluding hydrogens is 461 g/mol. The van der Waals surface area contributed by atoms with Crippen LogP contribution in [0.15, 0.2) is 11.3 Å². The van der Waals surface area contributed by atoms with Gasteiger partial charge in [-0.3, -0.25) is 9.79 Å². The predicted octanol–water partition coefficient (Wildman–Crippen LogP) is 0.357. The van der Waals surface area contributed by atoms with Gasteiger partial charge in [0.1, 0.15) is 18.3 Å². The largest absolute Gasteiger partial charge is 0.368 e. The molecule has 3 heterocycles. The molecule has 2 aliphatic heterocycles. The minimum Gasteiger partial charge on any atom is -0.368 e. The van der Waals surface area contributed by atoms with E-state index in [9.17, 15) is 4.79 Å². The molecule has 0 radical (unpaired) electrons. The van der Waals surface area contributed by atoms with Crippen molar-refractivity contribution in [1.82, 2.24) is 29.9 Å². The molecule has 1 N–H and O–H groups in total. The third kappa shape index (κ3) is 5.53. The van der Waals surface area contributed by atoms with E-state index in [0.29, 0.717) is 19.7 Å².